The summed E-state index contributed by atoms with van der Waals surface area (Å²) in [6.07, 6.45) is 11.2. The van der Waals surface area contributed by atoms with Crippen molar-refractivity contribution in [1.29, 1.82) is 1.28 Å². The molecule has 106 heavy (non-hydrogen) atoms. The van der Waals surface area contributed by atoms with Crippen LogP contribution < -0.4 is 41.5 Å². The van der Waals surface area contributed by atoms with E-state index in [9.17, 15) is 4.11 Å². The molecule has 0 spiro atoms. The number of benzene rings is 13. The molecule has 1 unspecified atom stereocenters. The van der Waals surface area contributed by atoms with Crippen molar-refractivity contribution < 1.29 is 4.11 Å². The molecule has 13 aromatic carbocycles. The van der Waals surface area contributed by atoms with Gasteiger partial charge in [0.1, 0.15) is 0 Å². The summed E-state index contributed by atoms with van der Waals surface area (Å²) in [6.45, 7) is 6.86. The summed E-state index contributed by atoms with van der Waals surface area (Å²) in [4.78, 5) is 13.0. The van der Waals surface area contributed by atoms with E-state index in [1.807, 2.05) is 55.4 Å². The molecule has 4 heterocycles. The van der Waals surface area contributed by atoms with E-state index in [0.29, 0.717) is 0 Å². The second-order valence-corrected chi connectivity index (χ2v) is 36.4. The summed E-state index contributed by atoms with van der Waals surface area (Å²) < 4.78 is 19.4. The molecule has 0 fully saturated rings. The smallest absolute Gasteiger partial charge is 0.235 e. The number of pyridine rings is 3. The van der Waals surface area contributed by atoms with Gasteiger partial charge >= 0.3 is 0 Å². The zero-order valence-electron chi connectivity index (χ0n) is 60.6. The quantitative estimate of drug-likeness (QED) is 0.0419. The molecule has 512 valence electrons. The highest BCUT2D eigenvalue weighted by Crippen LogP contribution is 2.38. The number of hydrogen-bond acceptors (Lipinski definition) is 3. The largest absolute Gasteiger partial charge is 0.317 e. The Morgan fingerprint density at radius 1 is 0.292 bits per heavy atom. The van der Waals surface area contributed by atoms with Crippen molar-refractivity contribution in [2.75, 3.05) is 0 Å². The Labute approximate surface area is 629 Å². The summed E-state index contributed by atoms with van der Waals surface area (Å²) in [5, 5.41) is 13.5. The van der Waals surface area contributed by atoms with Crippen molar-refractivity contribution in [2.24, 2.45) is 0 Å². The van der Waals surface area contributed by atoms with Crippen molar-refractivity contribution in [3.8, 4) is 72.4 Å². The van der Waals surface area contributed by atoms with E-state index in [-0.39, 0.29) is 14.1 Å². The maximum Gasteiger partial charge on any atom is 0.235 e. The van der Waals surface area contributed by atoms with Crippen molar-refractivity contribution >= 4 is 97.7 Å². The molecule has 0 saturated carbocycles. The summed E-state index contributed by atoms with van der Waals surface area (Å²) in [7, 11) is -7.14. The van der Waals surface area contributed by atoms with Crippen LogP contribution in [0.15, 0.2) is 407 Å². The summed E-state index contributed by atoms with van der Waals surface area (Å²) in [6, 6.07) is 137. The van der Waals surface area contributed by atoms with Gasteiger partial charge in [-0.05, 0) is 181 Å². The second kappa shape index (κ2) is 31.6. The number of halogens is 1. The fourth-order valence-electron chi connectivity index (χ4n) is 15.4. The monoisotopic (exact) mass is 1440 g/mol. The molecule has 0 aliphatic heterocycles. The Kier molecular flexibility index (Phi) is 20.4. The molecular weight excluding hydrogens is 1360 g/mol. The minimum atomic E-state index is -2.81. The molecule has 0 aliphatic rings. The summed E-state index contributed by atoms with van der Waals surface area (Å²) in [5.74, 6) is 0. The molecule has 17 aromatic rings. The molecule has 0 N–H and O–H groups in total. The maximum absolute atomic E-state index is 10.7. The van der Waals surface area contributed by atoms with Crippen LogP contribution in [0.5, 0.6) is 0 Å². The fraction of sp³-hybridized carbons (Fsp3) is 0.0412. The summed E-state index contributed by atoms with van der Waals surface area (Å²) in [5.41, 5.74) is 18.7. The molecule has 1 atom stereocenters. The first-order valence-electron chi connectivity index (χ1n) is 36.5. The molecule has 0 radical (unpaired) electrons. The van der Waals surface area contributed by atoms with Crippen LogP contribution in [0.4, 0.5) is 4.11 Å². The standard InChI is InChI=1S/C58H49NSi2.C39H27N3.FH4PSi/c1-58(2,3)44-34-36-45(37-35-44)59-56-40-38-52(60(46-22-10-4-11-23-46,47-24-12-5-13-25-47)48-26-14-6-15-27-48)42-54(56)55-43-53(39-41-57(55)59)61(49-28-16-7-17-29-49,50-30-18-8-19-31-50)51-32-20-9-21-33-51;1-7-28(34-13-4-16-40-25-34)19-31(10-1)37-22-38(32-11-2-8-29(20-32)35-14-5-17-41-26-35)24-39(23-37)33-12-3-9-30(21-33)36-15-6-18-42-27-36;1-3-2/h4-43H,1-3H3;1-27H;2-3H2/i;;2T. The van der Waals surface area contributed by atoms with Gasteiger partial charge in [-0.3, -0.25) is 15.0 Å². The Balaban J connectivity index is 0.000000173. The van der Waals surface area contributed by atoms with E-state index >= 15 is 0 Å². The van der Waals surface area contributed by atoms with Crippen molar-refractivity contribution in [2.45, 2.75) is 26.2 Å². The lowest BCUT2D eigenvalue weighted by Crippen LogP contribution is -2.74. The third-order valence-electron chi connectivity index (χ3n) is 20.4. The molecule has 17 rings (SSSR count). The molecule has 0 saturated heterocycles. The Morgan fingerprint density at radius 3 is 0.811 bits per heavy atom. The van der Waals surface area contributed by atoms with Crippen molar-refractivity contribution in [3.05, 3.63) is 413 Å². The van der Waals surface area contributed by atoms with E-state index in [0.717, 1.165) is 66.8 Å². The van der Waals surface area contributed by atoms with Crippen molar-refractivity contribution in [3.63, 3.8) is 0 Å². The van der Waals surface area contributed by atoms with Crippen LogP contribution in [0.3, 0.4) is 0 Å². The highest BCUT2D eigenvalue weighted by Gasteiger charge is 2.43. The van der Waals surface area contributed by atoms with Crippen LogP contribution in [-0.2, 0) is 5.41 Å². The van der Waals surface area contributed by atoms with Gasteiger partial charge in [-0.2, -0.15) is 0 Å². The topological polar surface area (TPSA) is 43.6 Å². The summed E-state index contributed by atoms with van der Waals surface area (Å²) >= 11 is 0. The SMILES string of the molecule is CC(C)(C)c1ccc(-n2c3ccc([Si](c4ccccc4)(c4ccccc4)c4ccccc4)cc3c3cc([Si](c4ccccc4)(c4ccccc4)c4ccccc4)ccc32)cc1.[3H]P[SiH2]F.c1cncc(-c2cccc(-c3cc(-c4cccc(-c5cccnc5)c4)cc(-c4cccc(-c5cccnc5)c4)c3)c2)c1. The Bertz CT molecular complexity index is 5180. The van der Waals surface area contributed by atoms with Gasteiger partial charge < -0.3 is 8.67 Å². The minimum absolute atomic E-state index is 0.0592. The number of rotatable bonds is 16. The molecular formula is C97H80FN4PSi3. The van der Waals surface area contributed by atoms with Crippen LogP contribution >= 0.6 is 8.73 Å². The Morgan fingerprint density at radius 2 is 0.557 bits per heavy atom. The van der Waals surface area contributed by atoms with Crippen LogP contribution in [0.2, 0.25) is 0 Å². The Hall–Kier alpha value is -11.9. The first-order chi connectivity index (χ1) is 52.6. The van der Waals surface area contributed by atoms with Crippen LogP contribution in [0, 0.1) is 0 Å². The van der Waals surface area contributed by atoms with Crippen LogP contribution in [0.1, 0.15) is 26.3 Å². The maximum atomic E-state index is 10.7. The lowest BCUT2D eigenvalue weighted by molar-refractivity contribution is 0.590. The number of nitrogens with zero attached hydrogens (tertiary/aromatic N) is 4. The average molecular weight is 1440 g/mol. The van der Waals surface area contributed by atoms with E-state index < -0.39 is 25.7 Å². The zero-order chi connectivity index (χ0) is 73.0. The fourth-order valence-corrected chi connectivity index (χ4v) is 24.9. The highest BCUT2D eigenvalue weighted by atomic mass is 31.3. The predicted molar refractivity (Wildman–Crippen MR) is 459 cm³/mol. The van der Waals surface area contributed by atoms with Crippen LogP contribution in [-0.4, -0.2) is 46.5 Å². The van der Waals surface area contributed by atoms with E-state index in [2.05, 4.69) is 392 Å². The first-order valence-corrected chi connectivity index (χ1v) is 43.4. The second-order valence-electron chi connectivity index (χ2n) is 27.7. The van der Waals surface area contributed by atoms with Crippen molar-refractivity contribution in [1.82, 2.24) is 19.5 Å². The normalized spacial score (nSPS) is 11.8. The molecule has 4 nitrogen and oxygen atoms in total. The third-order valence-corrected chi connectivity index (χ3v) is 29.9. The number of hydrogen-bond donors (Lipinski definition) is 0. The minimum Gasteiger partial charge on any atom is -0.317 e. The van der Waals surface area contributed by atoms with Gasteiger partial charge in [0.2, 0.25) is 9.52 Å². The highest BCUT2D eigenvalue weighted by molar-refractivity contribution is 7.54. The number of aromatic nitrogens is 4. The molecule has 0 bridgehead atoms. The third kappa shape index (κ3) is 14.2. The predicted octanol–water partition coefficient (Wildman–Crippen LogP) is 18.5. The first kappa shape index (κ1) is 68.5. The lowest BCUT2D eigenvalue weighted by atomic mass is 9.87. The van der Waals surface area contributed by atoms with Crippen LogP contribution in [0.25, 0.3) is 94.3 Å². The number of fused-ring (bicyclic) bond motifs is 3. The van der Waals surface area contributed by atoms with Gasteiger partial charge in [0.15, 0.2) is 16.1 Å². The van der Waals surface area contributed by atoms with Gasteiger partial charge in [-0.15, -0.1) is 8.73 Å². The van der Waals surface area contributed by atoms with E-state index in [1.54, 1.807) is 0 Å². The lowest BCUT2D eigenvalue weighted by Gasteiger charge is -2.34. The molecule has 4 aromatic heterocycles. The van der Waals surface area contributed by atoms with E-state index in [4.69, 9.17) is 1.28 Å². The zero-order valence-corrected chi connectivity index (χ0v) is 64.0. The van der Waals surface area contributed by atoms with Gasteiger partial charge in [0.05, 0.1) is 12.3 Å². The van der Waals surface area contributed by atoms with Gasteiger partial charge in [-0.25, -0.2) is 0 Å². The van der Waals surface area contributed by atoms with Gasteiger partial charge in [0, 0.05) is 70.3 Å². The van der Waals surface area contributed by atoms with Gasteiger partial charge in [0.25, 0.3) is 0 Å². The van der Waals surface area contributed by atoms with E-state index in [1.165, 1.54) is 74.6 Å². The molecule has 0 amide bonds. The molecule has 0 aliphatic carbocycles. The van der Waals surface area contributed by atoms with Gasteiger partial charge in [-0.1, -0.05) is 312 Å². The average Bonchev–Trinajstić information content (AvgIpc) is 1.58. The molecule has 9 heteroatoms.